The minimum atomic E-state index is -0.690. The molecule has 3 N–H and O–H groups in total. The summed E-state index contributed by atoms with van der Waals surface area (Å²) in [7, 11) is 1.49. The van der Waals surface area contributed by atoms with E-state index in [1.807, 2.05) is 4.98 Å². The Kier molecular flexibility index (Phi) is 4.39. The lowest BCUT2D eigenvalue weighted by Gasteiger charge is -2.10. The van der Waals surface area contributed by atoms with Gasteiger partial charge in [-0.05, 0) is 12.1 Å². The molecule has 21 heavy (non-hydrogen) atoms. The standard InChI is InChI=1S/C13H13N3O5/c1-20-9-4-2-3-5-10(9)21-7-11(17)15-8-6-14-13(19)16-12(8)18/h2-6H,7H2,1H3,(H,15,17)(H2,14,16,18,19). The van der Waals surface area contributed by atoms with Gasteiger partial charge in [0.1, 0.15) is 5.69 Å². The van der Waals surface area contributed by atoms with Crippen LogP contribution in [0.4, 0.5) is 5.69 Å². The van der Waals surface area contributed by atoms with Crippen molar-refractivity contribution in [3.8, 4) is 11.5 Å². The maximum absolute atomic E-state index is 11.7. The van der Waals surface area contributed by atoms with Crippen molar-refractivity contribution in [3.05, 3.63) is 51.3 Å². The van der Waals surface area contributed by atoms with E-state index in [1.54, 1.807) is 24.3 Å². The number of amides is 1. The van der Waals surface area contributed by atoms with Crippen molar-refractivity contribution in [2.45, 2.75) is 0 Å². The Morgan fingerprint density at radius 1 is 1.24 bits per heavy atom. The van der Waals surface area contributed by atoms with Gasteiger partial charge in [0.25, 0.3) is 11.5 Å². The van der Waals surface area contributed by atoms with Gasteiger partial charge in [-0.1, -0.05) is 12.1 Å². The minimum absolute atomic E-state index is 0.0665. The molecule has 0 radical (unpaired) electrons. The van der Waals surface area contributed by atoms with E-state index in [2.05, 4.69) is 10.3 Å². The van der Waals surface area contributed by atoms with Crippen LogP contribution in [-0.4, -0.2) is 29.6 Å². The molecule has 8 nitrogen and oxygen atoms in total. The molecule has 0 saturated heterocycles. The van der Waals surface area contributed by atoms with Crippen LogP contribution in [0.15, 0.2) is 40.1 Å². The van der Waals surface area contributed by atoms with Crippen molar-refractivity contribution in [2.24, 2.45) is 0 Å². The van der Waals surface area contributed by atoms with Crippen molar-refractivity contribution >= 4 is 11.6 Å². The predicted molar refractivity (Wildman–Crippen MR) is 74.8 cm³/mol. The third-order valence-electron chi connectivity index (χ3n) is 2.52. The summed E-state index contributed by atoms with van der Waals surface area (Å²) >= 11 is 0. The molecule has 0 saturated carbocycles. The second-order valence-corrected chi connectivity index (χ2v) is 3.97. The molecule has 0 aliphatic rings. The molecule has 0 unspecified atom stereocenters. The van der Waals surface area contributed by atoms with Crippen molar-refractivity contribution in [3.63, 3.8) is 0 Å². The first-order valence-corrected chi connectivity index (χ1v) is 5.98. The van der Waals surface area contributed by atoms with Gasteiger partial charge in [-0.15, -0.1) is 0 Å². The molecule has 110 valence electrons. The van der Waals surface area contributed by atoms with Crippen LogP contribution in [-0.2, 0) is 4.79 Å². The molecule has 1 heterocycles. The summed E-state index contributed by atoms with van der Waals surface area (Å²) < 4.78 is 10.4. The molecule has 0 fully saturated rings. The normalized spacial score (nSPS) is 9.95. The van der Waals surface area contributed by atoms with Gasteiger partial charge in [0.05, 0.1) is 7.11 Å². The average Bonchev–Trinajstić information content (AvgIpc) is 2.48. The molecule has 0 aliphatic heterocycles. The average molecular weight is 291 g/mol. The van der Waals surface area contributed by atoms with Crippen LogP contribution in [0.25, 0.3) is 0 Å². The summed E-state index contributed by atoms with van der Waals surface area (Å²) in [5.41, 5.74) is -1.41. The molecule has 0 bridgehead atoms. The number of methoxy groups -OCH3 is 1. The van der Waals surface area contributed by atoms with Crippen molar-refractivity contribution in [2.75, 3.05) is 19.0 Å². The predicted octanol–water partition coefficient (Wildman–Crippen LogP) is 0.0893. The summed E-state index contributed by atoms with van der Waals surface area (Å²) in [5, 5.41) is 2.33. The van der Waals surface area contributed by atoms with E-state index in [9.17, 15) is 14.4 Å². The molecule has 2 rings (SSSR count). The molecule has 2 aromatic rings. The summed E-state index contributed by atoms with van der Waals surface area (Å²) in [5.74, 6) is 0.358. The fourth-order valence-electron chi connectivity index (χ4n) is 1.57. The second kappa shape index (κ2) is 6.42. The first kappa shape index (κ1) is 14.4. The lowest BCUT2D eigenvalue weighted by atomic mass is 10.3. The molecule has 1 amide bonds. The van der Waals surface area contributed by atoms with Crippen LogP contribution in [0.1, 0.15) is 0 Å². The quantitative estimate of drug-likeness (QED) is 0.722. The van der Waals surface area contributed by atoms with Crippen molar-refractivity contribution in [1.29, 1.82) is 0 Å². The number of ether oxygens (including phenoxy) is 2. The number of rotatable bonds is 5. The molecular formula is C13H13N3O5. The Balaban J connectivity index is 1.99. The van der Waals surface area contributed by atoms with Crippen LogP contribution in [0.5, 0.6) is 11.5 Å². The summed E-state index contributed by atoms with van der Waals surface area (Å²) in [6, 6.07) is 6.85. The van der Waals surface area contributed by atoms with Gasteiger partial charge >= 0.3 is 5.69 Å². The zero-order chi connectivity index (χ0) is 15.2. The number of benzene rings is 1. The van der Waals surface area contributed by atoms with Crippen molar-refractivity contribution < 1.29 is 14.3 Å². The fraction of sp³-hybridized carbons (Fsp3) is 0.154. The van der Waals surface area contributed by atoms with Gasteiger partial charge in [0, 0.05) is 6.20 Å². The van der Waals surface area contributed by atoms with E-state index in [-0.39, 0.29) is 12.3 Å². The zero-order valence-corrected chi connectivity index (χ0v) is 11.1. The molecule has 8 heteroatoms. The minimum Gasteiger partial charge on any atom is -0.493 e. The number of carbonyl (C=O) groups is 1. The maximum atomic E-state index is 11.7. The van der Waals surface area contributed by atoms with E-state index in [0.29, 0.717) is 11.5 Å². The Morgan fingerprint density at radius 3 is 2.62 bits per heavy atom. The Bertz CT molecular complexity index is 750. The third kappa shape index (κ3) is 3.72. The Morgan fingerprint density at radius 2 is 1.95 bits per heavy atom. The lowest BCUT2D eigenvalue weighted by molar-refractivity contribution is -0.118. The second-order valence-electron chi connectivity index (χ2n) is 3.97. The zero-order valence-electron chi connectivity index (χ0n) is 11.1. The van der Waals surface area contributed by atoms with Crippen LogP contribution < -0.4 is 26.0 Å². The number of aromatic amines is 2. The molecule has 0 atom stereocenters. The van der Waals surface area contributed by atoms with Gasteiger partial charge < -0.3 is 19.8 Å². The van der Waals surface area contributed by atoms with E-state index < -0.39 is 17.2 Å². The van der Waals surface area contributed by atoms with Gasteiger partial charge in [-0.3, -0.25) is 14.6 Å². The van der Waals surface area contributed by atoms with Crippen LogP contribution in [0, 0.1) is 0 Å². The van der Waals surface area contributed by atoms with Gasteiger partial charge in [-0.25, -0.2) is 4.79 Å². The largest absolute Gasteiger partial charge is 0.493 e. The fourth-order valence-corrected chi connectivity index (χ4v) is 1.57. The van der Waals surface area contributed by atoms with E-state index in [4.69, 9.17) is 9.47 Å². The van der Waals surface area contributed by atoms with Crippen LogP contribution in [0.2, 0.25) is 0 Å². The number of para-hydroxylation sites is 2. The summed E-state index contributed by atoms with van der Waals surface area (Å²) in [6.07, 6.45) is 1.11. The SMILES string of the molecule is COc1ccccc1OCC(=O)Nc1c[nH]c(=O)[nH]c1=O. The lowest BCUT2D eigenvalue weighted by Crippen LogP contribution is -2.28. The van der Waals surface area contributed by atoms with Crippen molar-refractivity contribution in [1.82, 2.24) is 9.97 Å². The molecule has 1 aromatic carbocycles. The number of aromatic nitrogens is 2. The van der Waals surface area contributed by atoms with Gasteiger partial charge in [0.2, 0.25) is 0 Å². The monoisotopic (exact) mass is 291 g/mol. The number of H-pyrrole nitrogens is 2. The Labute approximate surface area is 118 Å². The summed E-state index contributed by atoms with van der Waals surface area (Å²) in [6.45, 7) is -0.307. The summed E-state index contributed by atoms with van der Waals surface area (Å²) in [4.78, 5) is 38.2. The topological polar surface area (TPSA) is 113 Å². The third-order valence-corrected chi connectivity index (χ3v) is 2.52. The number of hydrogen-bond acceptors (Lipinski definition) is 5. The highest BCUT2D eigenvalue weighted by atomic mass is 16.5. The highest BCUT2D eigenvalue weighted by molar-refractivity contribution is 5.91. The van der Waals surface area contributed by atoms with Crippen LogP contribution >= 0.6 is 0 Å². The van der Waals surface area contributed by atoms with E-state index in [0.717, 1.165) is 6.20 Å². The number of anilines is 1. The molecule has 1 aromatic heterocycles. The number of hydrogen-bond donors (Lipinski definition) is 3. The molecular weight excluding hydrogens is 278 g/mol. The van der Waals surface area contributed by atoms with E-state index in [1.165, 1.54) is 7.11 Å². The number of carbonyl (C=O) groups excluding carboxylic acids is 1. The van der Waals surface area contributed by atoms with Gasteiger partial charge in [-0.2, -0.15) is 0 Å². The first-order valence-electron chi connectivity index (χ1n) is 5.98. The first-order chi connectivity index (χ1) is 10.1. The highest BCUT2D eigenvalue weighted by Gasteiger charge is 2.09. The van der Waals surface area contributed by atoms with E-state index >= 15 is 0 Å². The Hall–Kier alpha value is -3.03. The molecule has 0 aliphatic carbocycles. The highest BCUT2D eigenvalue weighted by Crippen LogP contribution is 2.25. The smallest absolute Gasteiger partial charge is 0.325 e. The maximum Gasteiger partial charge on any atom is 0.325 e. The number of nitrogens with one attached hydrogen (secondary N) is 3. The van der Waals surface area contributed by atoms with Crippen LogP contribution in [0.3, 0.4) is 0 Å². The molecule has 0 spiro atoms. The van der Waals surface area contributed by atoms with Gasteiger partial charge in [0.15, 0.2) is 18.1 Å².